The van der Waals surface area contributed by atoms with E-state index in [0.29, 0.717) is 27.1 Å². The molecule has 2 aromatic rings. The molecule has 3 N–H and O–H groups in total. The zero-order valence-electron chi connectivity index (χ0n) is 9.60. The van der Waals surface area contributed by atoms with Gasteiger partial charge in [-0.05, 0) is 36.8 Å². The van der Waals surface area contributed by atoms with Gasteiger partial charge in [0.2, 0.25) is 0 Å². The van der Waals surface area contributed by atoms with Gasteiger partial charge in [0.15, 0.2) is 0 Å². The Kier molecular flexibility index (Phi) is 3.64. The molecule has 2 aromatic carbocycles. The fourth-order valence-electron chi connectivity index (χ4n) is 1.58. The van der Waals surface area contributed by atoms with Crippen LogP contribution in [0.1, 0.15) is 5.56 Å². The topological polar surface area (TPSA) is 38.0 Å². The molecule has 0 heterocycles. The Morgan fingerprint density at radius 3 is 2.33 bits per heavy atom. The van der Waals surface area contributed by atoms with E-state index in [-0.39, 0.29) is 5.82 Å². The van der Waals surface area contributed by atoms with Crippen molar-refractivity contribution in [3.8, 4) is 0 Å². The normalized spacial score (nSPS) is 10.4. The van der Waals surface area contributed by atoms with Gasteiger partial charge in [-0.1, -0.05) is 29.3 Å². The summed E-state index contributed by atoms with van der Waals surface area (Å²) < 4.78 is 13.6. The maximum atomic E-state index is 13.6. The summed E-state index contributed by atoms with van der Waals surface area (Å²) in [5.74, 6) is -0.371. The molecule has 0 aliphatic carbocycles. The zero-order valence-corrected chi connectivity index (χ0v) is 11.1. The van der Waals surface area contributed by atoms with E-state index in [1.165, 1.54) is 6.07 Å². The van der Waals surface area contributed by atoms with Crippen molar-refractivity contribution in [3.63, 3.8) is 0 Å². The Morgan fingerprint density at radius 1 is 1.11 bits per heavy atom. The van der Waals surface area contributed by atoms with E-state index in [4.69, 9.17) is 28.9 Å². The van der Waals surface area contributed by atoms with Crippen LogP contribution in [0.5, 0.6) is 0 Å². The second-order valence-electron chi connectivity index (χ2n) is 3.97. The van der Waals surface area contributed by atoms with Crippen LogP contribution in [-0.2, 0) is 0 Å². The lowest BCUT2D eigenvalue weighted by atomic mass is 10.2. The molecule has 0 saturated carbocycles. The molecule has 2 rings (SSSR count). The van der Waals surface area contributed by atoms with Gasteiger partial charge in [-0.3, -0.25) is 0 Å². The number of aryl methyl sites for hydroxylation is 1. The van der Waals surface area contributed by atoms with Crippen LogP contribution in [0.15, 0.2) is 30.3 Å². The van der Waals surface area contributed by atoms with E-state index in [2.05, 4.69) is 5.32 Å². The van der Waals surface area contributed by atoms with Gasteiger partial charge in [-0.2, -0.15) is 0 Å². The smallest absolute Gasteiger partial charge is 0.146 e. The lowest BCUT2D eigenvalue weighted by molar-refractivity contribution is 0.631. The third kappa shape index (κ3) is 2.68. The van der Waals surface area contributed by atoms with Crippen LogP contribution >= 0.6 is 23.2 Å². The highest BCUT2D eigenvalue weighted by Crippen LogP contribution is 2.35. The highest BCUT2D eigenvalue weighted by Gasteiger charge is 2.10. The van der Waals surface area contributed by atoms with Crippen LogP contribution in [0, 0.1) is 12.7 Å². The van der Waals surface area contributed by atoms with Crippen molar-refractivity contribution in [3.05, 3.63) is 51.8 Å². The maximum absolute atomic E-state index is 13.6. The van der Waals surface area contributed by atoms with Crippen LogP contribution in [0.25, 0.3) is 0 Å². The average Bonchev–Trinajstić information content (AvgIpc) is 2.28. The molecule has 0 aliphatic heterocycles. The number of nitrogens with two attached hydrogens (primary N) is 1. The Balaban J connectivity index is 2.43. The molecule has 0 aromatic heterocycles. The molecule has 0 fully saturated rings. The van der Waals surface area contributed by atoms with Crippen LogP contribution in [-0.4, -0.2) is 0 Å². The number of rotatable bonds is 2. The number of halogens is 3. The third-order valence-electron chi connectivity index (χ3n) is 2.45. The van der Waals surface area contributed by atoms with Gasteiger partial charge in [0.25, 0.3) is 0 Å². The van der Waals surface area contributed by atoms with Crippen molar-refractivity contribution in [1.82, 2.24) is 0 Å². The molecular formula is C13H11Cl2FN2. The van der Waals surface area contributed by atoms with Crippen LogP contribution in [0.3, 0.4) is 0 Å². The summed E-state index contributed by atoms with van der Waals surface area (Å²) >= 11 is 12.1. The second-order valence-corrected chi connectivity index (χ2v) is 4.78. The van der Waals surface area contributed by atoms with Crippen molar-refractivity contribution >= 4 is 40.3 Å². The molecule has 0 atom stereocenters. The van der Waals surface area contributed by atoms with Crippen molar-refractivity contribution in [2.45, 2.75) is 6.92 Å². The van der Waals surface area contributed by atoms with Crippen molar-refractivity contribution < 1.29 is 4.39 Å². The first-order valence-electron chi connectivity index (χ1n) is 5.25. The molecule has 2 nitrogen and oxygen atoms in total. The number of anilines is 3. The van der Waals surface area contributed by atoms with Crippen LogP contribution in [0.2, 0.25) is 10.0 Å². The largest absolute Gasteiger partial charge is 0.399 e. The second kappa shape index (κ2) is 5.04. The molecule has 0 spiro atoms. The van der Waals surface area contributed by atoms with Gasteiger partial charge in [0, 0.05) is 5.69 Å². The molecular weight excluding hydrogens is 274 g/mol. The van der Waals surface area contributed by atoms with Gasteiger partial charge in [-0.15, -0.1) is 0 Å². The SMILES string of the molecule is Cc1ccc(F)c(Nc2c(Cl)cc(N)cc2Cl)c1. The molecule has 0 aliphatic rings. The minimum Gasteiger partial charge on any atom is -0.399 e. The standard InChI is InChI=1S/C13H11Cl2FN2/c1-7-2-3-11(16)12(4-7)18-13-9(14)5-8(17)6-10(13)15/h2-6,18H,17H2,1H3. The summed E-state index contributed by atoms with van der Waals surface area (Å²) in [7, 11) is 0. The maximum Gasteiger partial charge on any atom is 0.146 e. The molecule has 94 valence electrons. The van der Waals surface area contributed by atoms with E-state index in [9.17, 15) is 4.39 Å². The Bertz CT molecular complexity index is 577. The molecule has 0 bridgehead atoms. The Hall–Kier alpha value is -1.45. The number of hydrogen-bond donors (Lipinski definition) is 2. The van der Waals surface area contributed by atoms with E-state index >= 15 is 0 Å². The highest BCUT2D eigenvalue weighted by atomic mass is 35.5. The molecule has 0 saturated heterocycles. The van der Waals surface area contributed by atoms with Gasteiger partial charge < -0.3 is 11.1 Å². The van der Waals surface area contributed by atoms with Gasteiger partial charge in [0.1, 0.15) is 5.82 Å². The predicted molar refractivity (Wildman–Crippen MR) is 75.3 cm³/mol. The highest BCUT2D eigenvalue weighted by molar-refractivity contribution is 6.39. The Morgan fingerprint density at radius 2 is 1.72 bits per heavy atom. The lowest BCUT2D eigenvalue weighted by Gasteiger charge is -2.12. The van der Waals surface area contributed by atoms with Gasteiger partial charge in [-0.25, -0.2) is 4.39 Å². The summed E-state index contributed by atoms with van der Waals surface area (Å²) in [5, 5.41) is 3.58. The fourth-order valence-corrected chi connectivity index (χ4v) is 2.18. The fraction of sp³-hybridized carbons (Fsp3) is 0.0769. The molecule has 5 heteroatoms. The minimum absolute atomic E-state index is 0.323. The molecule has 0 unspecified atom stereocenters. The van der Waals surface area contributed by atoms with Gasteiger partial charge in [0.05, 0.1) is 21.4 Å². The van der Waals surface area contributed by atoms with E-state index in [1.807, 2.05) is 6.92 Å². The van der Waals surface area contributed by atoms with E-state index in [1.54, 1.807) is 24.3 Å². The minimum atomic E-state index is -0.371. The lowest BCUT2D eigenvalue weighted by Crippen LogP contribution is -1.97. The Labute approximate surface area is 115 Å². The number of nitrogens with one attached hydrogen (secondary N) is 1. The summed E-state index contributed by atoms with van der Waals surface area (Å²) in [5.41, 5.74) is 7.76. The predicted octanol–water partition coefficient (Wildman–Crippen LogP) is 4.77. The quantitative estimate of drug-likeness (QED) is 0.780. The van der Waals surface area contributed by atoms with E-state index in [0.717, 1.165) is 5.56 Å². The van der Waals surface area contributed by atoms with Crippen LogP contribution < -0.4 is 11.1 Å². The molecule has 18 heavy (non-hydrogen) atoms. The van der Waals surface area contributed by atoms with E-state index < -0.39 is 0 Å². The summed E-state index contributed by atoms with van der Waals surface area (Å²) in [6, 6.07) is 7.87. The van der Waals surface area contributed by atoms with Crippen molar-refractivity contribution in [2.75, 3.05) is 11.1 Å². The zero-order chi connectivity index (χ0) is 13.3. The summed E-state index contributed by atoms with van der Waals surface area (Å²) in [6.07, 6.45) is 0. The van der Waals surface area contributed by atoms with Crippen LogP contribution in [0.4, 0.5) is 21.5 Å². The summed E-state index contributed by atoms with van der Waals surface area (Å²) in [6.45, 7) is 1.87. The average molecular weight is 285 g/mol. The third-order valence-corrected chi connectivity index (χ3v) is 3.04. The van der Waals surface area contributed by atoms with Crippen molar-refractivity contribution in [2.24, 2.45) is 0 Å². The molecule has 0 amide bonds. The first-order chi connectivity index (χ1) is 8.47. The van der Waals surface area contributed by atoms with Gasteiger partial charge >= 0.3 is 0 Å². The number of benzene rings is 2. The first kappa shape index (κ1) is 13.0. The van der Waals surface area contributed by atoms with Crippen molar-refractivity contribution in [1.29, 1.82) is 0 Å². The number of hydrogen-bond acceptors (Lipinski definition) is 2. The monoisotopic (exact) mass is 284 g/mol. The molecule has 0 radical (unpaired) electrons. The first-order valence-corrected chi connectivity index (χ1v) is 6.00. The number of nitrogen functional groups attached to an aromatic ring is 1. The summed E-state index contributed by atoms with van der Waals surface area (Å²) in [4.78, 5) is 0.